The Morgan fingerprint density at radius 3 is 2.24 bits per heavy atom. The van der Waals surface area contributed by atoms with Crippen LogP contribution in [0.25, 0.3) is 6.08 Å². The summed E-state index contributed by atoms with van der Waals surface area (Å²) in [5.41, 5.74) is 3.34. The number of hydrogen-bond acceptors (Lipinski definition) is 1. The van der Waals surface area contributed by atoms with Gasteiger partial charge in [0.2, 0.25) is 0 Å². The molecule has 1 aromatic heterocycles. The molecular formula is C15H12F3N2O+. The van der Waals surface area contributed by atoms with Crippen molar-refractivity contribution in [1.82, 2.24) is 0 Å². The van der Waals surface area contributed by atoms with Crippen molar-refractivity contribution in [3.8, 4) is 0 Å². The van der Waals surface area contributed by atoms with Crippen LogP contribution in [0.2, 0.25) is 0 Å². The summed E-state index contributed by atoms with van der Waals surface area (Å²) in [5.74, 6) is -0.349. The number of halogens is 3. The summed E-state index contributed by atoms with van der Waals surface area (Å²) < 4.78 is 37.6. The molecule has 0 aliphatic heterocycles. The largest absolute Gasteiger partial charge is 0.409 e. The summed E-state index contributed by atoms with van der Waals surface area (Å²) in [6.07, 6.45) is 0.0895. The smallest absolute Gasteiger partial charge is 0.264 e. The van der Waals surface area contributed by atoms with Crippen LogP contribution in [0.3, 0.4) is 0 Å². The van der Waals surface area contributed by atoms with Crippen molar-refractivity contribution < 1.29 is 22.6 Å². The molecule has 0 bridgehead atoms. The monoisotopic (exact) mass is 293 g/mol. The van der Waals surface area contributed by atoms with Crippen molar-refractivity contribution in [2.24, 2.45) is 0 Å². The molecule has 6 heteroatoms. The molecule has 0 saturated heterocycles. The van der Waals surface area contributed by atoms with Crippen LogP contribution < -0.4 is 10.1 Å². The van der Waals surface area contributed by atoms with Crippen LogP contribution >= 0.6 is 0 Å². The molecule has 21 heavy (non-hydrogen) atoms. The van der Waals surface area contributed by atoms with E-state index >= 15 is 0 Å². The van der Waals surface area contributed by atoms with Crippen LogP contribution in [0, 0.1) is 0 Å². The summed E-state index contributed by atoms with van der Waals surface area (Å²) >= 11 is 0. The highest BCUT2D eigenvalue weighted by molar-refractivity contribution is 5.98. The van der Waals surface area contributed by atoms with Crippen LogP contribution in [0.1, 0.15) is 15.9 Å². The number of benzene rings is 1. The molecule has 1 amide bonds. The molecule has 0 radical (unpaired) electrons. The molecular weight excluding hydrogens is 281 g/mol. The highest BCUT2D eigenvalue weighted by atomic mass is 19.4. The second-order valence-electron chi connectivity index (χ2n) is 4.22. The van der Waals surface area contributed by atoms with E-state index in [2.05, 4.69) is 5.43 Å². The maximum absolute atomic E-state index is 12.0. The third-order valence-corrected chi connectivity index (χ3v) is 2.58. The first kappa shape index (κ1) is 14.8. The topological polar surface area (TPSA) is 33.0 Å². The lowest BCUT2D eigenvalue weighted by atomic mass is 10.1. The number of carbonyl (C=O) groups is 1. The number of hydrogen-bond donors (Lipinski definition) is 1. The van der Waals surface area contributed by atoms with Crippen LogP contribution in [-0.2, 0) is 0 Å². The number of nitrogens with one attached hydrogen (secondary N) is 1. The average molecular weight is 293 g/mol. The minimum Gasteiger partial charge on any atom is -0.264 e. The number of allylic oxidation sites excluding steroid dienone is 1. The molecule has 0 saturated carbocycles. The van der Waals surface area contributed by atoms with Gasteiger partial charge in [-0.3, -0.25) is 4.79 Å². The molecule has 0 fully saturated rings. The third kappa shape index (κ3) is 4.76. The molecule has 1 aromatic carbocycles. The summed E-state index contributed by atoms with van der Waals surface area (Å²) in [7, 11) is 0. The molecule has 0 atom stereocenters. The predicted octanol–water partition coefficient (Wildman–Crippen LogP) is 2.93. The normalized spacial score (nSPS) is 11.6. The van der Waals surface area contributed by atoms with E-state index in [4.69, 9.17) is 0 Å². The van der Waals surface area contributed by atoms with E-state index in [1.807, 2.05) is 6.07 Å². The Bertz CT molecular complexity index is 634. The van der Waals surface area contributed by atoms with Crippen LogP contribution in [0.4, 0.5) is 13.2 Å². The Morgan fingerprint density at radius 2 is 1.67 bits per heavy atom. The van der Waals surface area contributed by atoms with Gasteiger partial charge in [0.05, 0.1) is 0 Å². The van der Waals surface area contributed by atoms with Crippen LogP contribution in [-0.4, -0.2) is 12.1 Å². The quantitative estimate of drug-likeness (QED) is 0.867. The zero-order chi connectivity index (χ0) is 15.3. The SMILES string of the molecule is O=C(N[n+]1ccccc1)c1ccc(/C=C/C(F)(F)F)cc1. The number of pyridine rings is 1. The van der Waals surface area contributed by atoms with Gasteiger partial charge in [-0.15, -0.1) is 5.43 Å². The van der Waals surface area contributed by atoms with E-state index in [9.17, 15) is 18.0 Å². The van der Waals surface area contributed by atoms with Crippen molar-refractivity contribution in [2.75, 3.05) is 5.43 Å². The second kappa shape index (κ2) is 6.21. The molecule has 0 unspecified atom stereocenters. The van der Waals surface area contributed by atoms with Crippen molar-refractivity contribution in [1.29, 1.82) is 0 Å². The summed E-state index contributed by atoms with van der Waals surface area (Å²) in [6, 6.07) is 11.2. The highest BCUT2D eigenvalue weighted by Crippen LogP contribution is 2.18. The van der Waals surface area contributed by atoms with Gasteiger partial charge in [0, 0.05) is 23.8 Å². The highest BCUT2D eigenvalue weighted by Gasteiger charge is 2.21. The second-order valence-corrected chi connectivity index (χ2v) is 4.22. The van der Waals surface area contributed by atoms with Gasteiger partial charge in [-0.05, 0) is 17.7 Å². The number of nitrogens with zero attached hydrogens (tertiary/aromatic N) is 1. The molecule has 0 spiro atoms. The maximum Gasteiger partial charge on any atom is 0.409 e. The molecule has 0 aliphatic rings. The van der Waals surface area contributed by atoms with E-state index in [0.717, 1.165) is 6.08 Å². The molecule has 108 valence electrons. The number of rotatable bonds is 3. The van der Waals surface area contributed by atoms with Gasteiger partial charge in [0.25, 0.3) is 0 Å². The van der Waals surface area contributed by atoms with Crippen molar-refractivity contribution in [3.63, 3.8) is 0 Å². The molecule has 1 N–H and O–H groups in total. The predicted molar refractivity (Wildman–Crippen MR) is 71.9 cm³/mol. The first-order chi connectivity index (χ1) is 9.94. The van der Waals surface area contributed by atoms with Gasteiger partial charge in [-0.2, -0.15) is 13.2 Å². The van der Waals surface area contributed by atoms with Gasteiger partial charge in [-0.25, -0.2) is 0 Å². The number of aromatic nitrogens is 1. The molecule has 0 aliphatic carbocycles. The Morgan fingerprint density at radius 1 is 1.05 bits per heavy atom. The van der Waals surface area contributed by atoms with Crippen molar-refractivity contribution in [3.05, 3.63) is 72.1 Å². The van der Waals surface area contributed by atoms with Gasteiger partial charge in [0.15, 0.2) is 12.4 Å². The number of amides is 1. The van der Waals surface area contributed by atoms with E-state index in [1.54, 1.807) is 24.5 Å². The summed E-state index contributed by atoms with van der Waals surface area (Å²) in [6.45, 7) is 0. The van der Waals surface area contributed by atoms with Gasteiger partial charge >= 0.3 is 12.1 Å². The fourth-order valence-electron chi connectivity index (χ4n) is 1.59. The molecule has 2 aromatic rings. The maximum atomic E-state index is 12.0. The minimum atomic E-state index is -4.35. The Balaban J connectivity index is 2.05. The fraction of sp³-hybridized carbons (Fsp3) is 0.0667. The fourth-order valence-corrected chi connectivity index (χ4v) is 1.59. The first-order valence-corrected chi connectivity index (χ1v) is 6.08. The first-order valence-electron chi connectivity index (χ1n) is 6.08. The Hall–Kier alpha value is -2.63. The Kier molecular flexibility index (Phi) is 4.37. The number of carbonyl (C=O) groups excluding carboxylic acids is 1. The lowest BCUT2D eigenvalue weighted by Crippen LogP contribution is -2.47. The van der Waals surface area contributed by atoms with Gasteiger partial charge < -0.3 is 0 Å². The van der Waals surface area contributed by atoms with E-state index < -0.39 is 6.18 Å². The van der Waals surface area contributed by atoms with Crippen molar-refractivity contribution >= 4 is 12.0 Å². The molecule has 1 heterocycles. The van der Waals surface area contributed by atoms with E-state index in [1.165, 1.54) is 28.9 Å². The zero-order valence-corrected chi connectivity index (χ0v) is 10.8. The van der Waals surface area contributed by atoms with Crippen molar-refractivity contribution in [2.45, 2.75) is 6.18 Å². The minimum absolute atomic E-state index is 0.155. The van der Waals surface area contributed by atoms with Gasteiger partial charge in [-0.1, -0.05) is 29.0 Å². The van der Waals surface area contributed by atoms with Crippen LogP contribution in [0.15, 0.2) is 60.9 Å². The van der Waals surface area contributed by atoms with E-state index in [-0.39, 0.29) is 12.0 Å². The lowest BCUT2D eigenvalue weighted by molar-refractivity contribution is -0.641. The lowest BCUT2D eigenvalue weighted by Gasteiger charge is -2.01. The standard InChI is InChI=1S/C15H11F3N2O/c16-15(17,18)9-8-12-4-6-13(7-5-12)14(21)19-20-10-2-1-3-11-20/h1-11H/p+1/b9-8+. The third-order valence-electron chi connectivity index (χ3n) is 2.58. The molecule has 2 rings (SSSR count). The average Bonchev–Trinajstić information content (AvgIpc) is 2.46. The summed E-state index contributed by atoms with van der Waals surface area (Å²) in [5, 5.41) is 0. The Labute approximate surface area is 119 Å². The van der Waals surface area contributed by atoms with Gasteiger partial charge in [0.1, 0.15) is 0 Å². The molecule has 3 nitrogen and oxygen atoms in total. The zero-order valence-electron chi connectivity index (χ0n) is 10.8. The summed E-state index contributed by atoms with van der Waals surface area (Å²) in [4.78, 5) is 11.9. The number of alkyl halides is 3. The van der Waals surface area contributed by atoms with Crippen LogP contribution in [0.5, 0.6) is 0 Å². The van der Waals surface area contributed by atoms with E-state index in [0.29, 0.717) is 11.1 Å².